The summed E-state index contributed by atoms with van der Waals surface area (Å²) in [6.45, 7) is 8.78. The maximum Gasteiger partial charge on any atom is 0.341 e. The fourth-order valence-corrected chi connectivity index (χ4v) is 7.37. The summed E-state index contributed by atoms with van der Waals surface area (Å²) in [5, 5.41) is 13.2. The number of carbonyl (C=O) groups excluding carboxylic acids is 2. The van der Waals surface area contributed by atoms with Crippen molar-refractivity contribution in [3.05, 3.63) is 16.0 Å². The number of thiophene rings is 1. The van der Waals surface area contributed by atoms with Gasteiger partial charge in [0.2, 0.25) is 5.91 Å². The molecule has 0 saturated heterocycles. The van der Waals surface area contributed by atoms with Gasteiger partial charge in [0.15, 0.2) is 0 Å². The number of carboxylic acid groups (broad SMARTS) is 1. The second-order valence-electron chi connectivity index (χ2n) is 10.4. The molecule has 2 N–H and O–H groups in total. The van der Waals surface area contributed by atoms with E-state index in [9.17, 15) is 19.5 Å². The minimum Gasteiger partial charge on any atom is -0.481 e. The summed E-state index contributed by atoms with van der Waals surface area (Å²) in [5.74, 6) is -1.94. The fourth-order valence-electron chi connectivity index (χ4n) is 6.05. The number of hydrogen-bond donors (Lipinski definition) is 2. The standard InChI is InChI=1S/C24H33NO5S/c1-5-30-23(29)19-15-9-8-14(24(2,3)4)11-16(15)31-21(19)25-20(26)17-12-6-7-13(10-12)18(17)22(27)28/h12-14,17-18H,5-11H2,1-4H3,(H,25,26)(H,27,28)/t12-,13+,14-,17+,18+/m1/s1. The van der Waals surface area contributed by atoms with Crippen LogP contribution < -0.4 is 5.32 Å². The first kappa shape index (κ1) is 22.3. The fraction of sp³-hybridized carbons (Fsp3) is 0.708. The number of carboxylic acids is 1. The van der Waals surface area contributed by atoms with Gasteiger partial charge in [-0.05, 0) is 74.2 Å². The zero-order chi connectivity index (χ0) is 22.5. The zero-order valence-corrected chi connectivity index (χ0v) is 19.6. The largest absolute Gasteiger partial charge is 0.481 e. The first-order chi connectivity index (χ1) is 14.6. The molecule has 4 rings (SSSR count). The molecule has 2 fully saturated rings. The Morgan fingerprint density at radius 2 is 1.81 bits per heavy atom. The zero-order valence-electron chi connectivity index (χ0n) is 18.8. The van der Waals surface area contributed by atoms with Crippen molar-refractivity contribution in [2.75, 3.05) is 11.9 Å². The summed E-state index contributed by atoms with van der Waals surface area (Å²) in [4.78, 5) is 39.1. The molecule has 2 bridgehead atoms. The normalized spacial score (nSPS) is 29.5. The van der Waals surface area contributed by atoms with Crippen molar-refractivity contribution >= 4 is 34.2 Å². The van der Waals surface area contributed by atoms with Crippen molar-refractivity contribution in [2.24, 2.45) is 35.0 Å². The van der Waals surface area contributed by atoms with Crippen LogP contribution in [0.1, 0.15) is 74.2 Å². The maximum atomic E-state index is 13.3. The minimum absolute atomic E-state index is 0.0897. The Balaban J connectivity index is 1.63. The quantitative estimate of drug-likeness (QED) is 0.635. The average molecular weight is 448 g/mol. The van der Waals surface area contributed by atoms with Crippen molar-refractivity contribution in [3.8, 4) is 0 Å². The first-order valence-electron chi connectivity index (χ1n) is 11.5. The molecule has 1 aromatic heterocycles. The van der Waals surface area contributed by atoms with Crippen LogP contribution >= 0.6 is 11.3 Å². The molecule has 1 heterocycles. The topological polar surface area (TPSA) is 92.7 Å². The van der Waals surface area contributed by atoms with Gasteiger partial charge < -0.3 is 15.2 Å². The molecule has 0 aliphatic heterocycles. The molecule has 2 saturated carbocycles. The van der Waals surface area contributed by atoms with Gasteiger partial charge in [0, 0.05) is 4.88 Å². The third kappa shape index (κ3) is 4.01. The predicted octanol–water partition coefficient (Wildman–Crippen LogP) is 4.76. The Bertz CT molecular complexity index is 899. The molecule has 0 radical (unpaired) electrons. The molecule has 6 nitrogen and oxygen atoms in total. The summed E-state index contributed by atoms with van der Waals surface area (Å²) in [6.07, 6.45) is 5.29. The van der Waals surface area contributed by atoms with Crippen molar-refractivity contribution in [3.63, 3.8) is 0 Å². The van der Waals surface area contributed by atoms with Gasteiger partial charge in [-0.15, -0.1) is 11.3 Å². The van der Waals surface area contributed by atoms with Gasteiger partial charge in [0.1, 0.15) is 5.00 Å². The van der Waals surface area contributed by atoms with Crippen LogP contribution in [0, 0.1) is 35.0 Å². The number of anilines is 1. The van der Waals surface area contributed by atoms with E-state index in [4.69, 9.17) is 4.74 Å². The van der Waals surface area contributed by atoms with Crippen molar-refractivity contribution < 1.29 is 24.2 Å². The van der Waals surface area contributed by atoms with Crippen LogP contribution in [0.2, 0.25) is 0 Å². The second kappa shape index (κ2) is 8.23. The molecule has 3 aliphatic rings. The Morgan fingerprint density at radius 1 is 1.13 bits per heavy atom. The highest BCUT2D eigenvalue weighted by Crippen LogP contribution is 2.53. The molecular formula is C24H33NO5S. The SMILES string of the molecule is CCOC(=O)c1c(NC(=O)[C@H]2[C@@H]3CC[C@@H](C3)[C@@H]2C(=O)O)sc2c1CC[C@@H](C(C)(C)C)C2. The van der Waals surface area contributed by atoms with E-state index in [1.807, 2.05) is 0 Å². The number of ether oxygens (including phenoxy) is 1. The maximum absolute atomic E-state index is 13.3. The van der Waals surface area contributed by atoms with Gasteiger partial charge in [-0.3, -0.25) is 9.59 Å². The van der Waals surface area contributed by atoms with Crippen molar-refractivity contribution in [1.82, 2.24) is 0 Å². The number of esters is 1. The molecule has 31 heavy (non-hydrogen) atoms. The molecule has 7 heteroatoms. The smallest absolute Gasteiger partial charge is 0.341 e. The average Bonchev–Trinajstić information content (AvgIpc) is 3.38. The number of hydrogen-bond acceptors (Lipinski definition) is 5. The minimum atomic E-state index is -0.878. The van der Waals surface area contributed by atoms with E-state index in [-0.39, 0.29) is 29.8 Å². The van der Waals surface area contributed by atoms with Gasteiger partial charge in [-0.1, -0.05) is 20.8 Å². The van der Waals surface area contributed by atoms with Gasteiger partial charge in [-0.2, -0.15) is 0 Å². The monoisotopic (exact) mass is 447 g/mol. The van der Waals surface area contributed by atoms with Gasteiger partial charge in [0.05, 0.1) is 24.0 Å². The number of fused-ring (bicyclic) bond motifs is 3. The number of nitrogens with one attached hydrogen (secondary N) is 1. The Labute approximate surface area is 187 Å². The molecule has 1 aromatic rings. The van der Waals surface area contributed by atoms with E-state index < -0.39 is 23.8 Å². The summed E-state index contributed by atoms with van der Waals surface area (Å²) in [5.41, 5.74) is 1.66. The summed E-state index contributed by atoms with van der Waals surface area (Å²) in [6, 6.07) is 0. The van der Waals surface area contributed by atoms with E-state index in [0.29, 0.717) is 16.5 Å². The van der Waals surface area contributed by atoms with Crippen LogP contribution in [-0.2, 0) is 27.2 Å². The summed E-state index contributed by atoms with van der Waals surface area (Å²) >= 11 is 1.47. The van der Waals surface area contributed by atoms with E-state index in [0.717, 1.165) is 49.0 Å². The van der Waals surface area contributed by atoms with Crippen LogP contribution in [0.25, 0.3) is 0 Å². The Hall–Kier alpha value is -1.89. The van der Waals surface area contributed by atoms with Gasteiger partial charge in [-0.25, -0.2) is 4.79 Å². The van der Waals surface area contributed by atoms with E-state index >= 15 is 0 Å². The highest BCUT2D eigenvalue weighted by atomic mass is 32.1. The van der Waals surface area contributed by atoms with E-state index in [1.165, 1.54) is 11.3 Å². The third-order valence-electron chi connectivity index (χ3n) is 7.71. The Morgan fingerprint density at radius 3 is 2.42 bits per heavy atom. The molecule has 0 unspecified atom stereocenters. The lowest BCUT2D eigenvalue weighted by molar-refractivity contribution is -0.148. The lowest BCUT2D eigenvalue weighted by Gasteiger charge is -2.33. The molecule has 3 aliphatic carbocycles. The Kier molecular flexibility index (Phi) is 5.92. The molecule has 5 atom stereocenters. The molecular weight excluding hydrogens is 414 g/mol. The van der Waals surface area contributed by atoms with Crippen LogP contribution in [0.5, 0.6) is 0 Å². The molecule has 170 valence electrons. The number of carbonyl (C=O) groups is 3. The van der Waals surface area contributed by atoms with Crippen molar-refractivity contribution in [2.45, 2.75) is 66.2 Å². The number of rotatable bonds is 5. The highest BCUT2D eigenvalue weighted by Gasteiger charge is 2.54. The summed E-state index contributed by atoms with van der Waals surface area (Å²) in [7, 11) is 0. The van der Waals surface area contributed by atoms with Crippen LogP contribution in [0.4, 0.5) is 5.00 Å². The third-order valence-corrected chi connectivity index (χ3v) is 8.88. The second-order valence-corrected chi connectivity index (χ2v) is 11.6. The van der Waals surface area contributed by atoms with E-state index in [2.05, 4.69) is 26.1 Å². The molecule has 0 aromatic carbocycles. The van der Waals surface area contributed by atoms with Crippen LogP contribution in [0.15, 0.2) is 0 Å². The van der Waals surface area contributed by atoms with Crippen molar-refractivity contribution in [1.29, 1.82) is 0 Å². The number of amides is 1. The number of aliphatic carboxylic acids is 1. The highest BCUT2D eigenvalue weighted by molar-refractivity contribution is 7.17. The first-order valence-corrected chi connectivity index (χ1v) is 12.3. The predicted molar refractivity (Wildman–Crippen MR) is 119 cm³/mol. The van der Waals surface area contributed by atoms with E-state index in [1.54, 1.807) is 6.92 Å². The summed E-state index contributed by atoms with van der Waals surface area (Å²) < 4.78 is 5.33. The van der Waals surface area contributed by atoms with Gasteiger partial charge in [0.25, 0.3) is 0 Å². The lowest BCUT2D eigenvalue weighted by atomic mass is 9.72. The molecule has 0 spiro atoms. The van der Waals surface area contributed by atoms with Gasteiger partial charge >= 0.3 is 11.9 Å². The lowest BCUT2D eigenvalue weighted by Crippen LogP contribution is -2.38. The molecule has 1 amide bonds. The van der Waals surface area contributed by atoms with Crippen LogP contribution in [0.3, 0.4) is 0 Å². The van der Waals surface area contributed by atoms with Crippen LogP contribution in [-0.4, -0.2) is 29.6 Å².